The van der Waals surface area contributed by atoms with Crippen LogP contribution in [0.1, 0.15) is 19.0 Å². The highest BCUT2D eigenvalue weighted by molar-refractivity contribution is 5.85. The fourth-order valence-corrected chi connectivity index (χ4v) is 2.26. The molecule has 0 unspecified atom stereocenters. The molecule has 0 aliphatic carbocycles. The Morgan fingerprint density at radius 2 is 2.05 bits per heavy atom. The second kappa shape index (κ2) is 11.3. The van der Waals surface area contributed by atoms with Crippen LogP contribution < -0.4 is 5.32 Å². The highest BCUT2D eigenvalue weighted by Crippen LogP contribution is 1.99. The Labute approximate surface area is 133 Å². The minimum absolute atomic E-state index is 0. The Balaban J connectivity index is 0.00000180. The van der Waals surface area contributed by atoms with Gasteiger partial charge < -0.3 is 10.1 Å². The summed E-state index contributed by atoms with van der Waals surface area (Å²) in [5.41, 5.74) is 1.27. The van der Waals surface area contributed by atoms with Crippen molar-refractivity contribution < 1.29 is 4.74 Å². The summed E-state index contributed by atoms with van der Waals surface area (Å²) in [7, 11) is 0. The van der Waals surface area contributed by atoms with Gasteiger partial charge in [-0.2, -0.15) is 5.10 Å². The first-order valence-electron chi connectivity index (χ1n) is 6.91. The van der Waals surface area contributed by atoms with Gasteiger partial charge in [-0.05, 0) is 32.5 Å². The molecule has 118 valence electrons. The van der Waals surface area contributed by atoms with E-state index in [1.807, 2.05) is 10.9 Å². The molecular weight excluding hydrogens is 299 g/mol. The predicted molar refractivity (Wildman–Crippen MR) is 86.0 cm³/mol. The lowest BCUT2D eigenvalue weighted by Gasteiger charge is -2.26. The van der Waals surface area contributed by atoms with Gasteiger partial charge in [-0.25, -0.2) is 0 Å². The topological polar surface area (TPSA) is 42.3 Å². The van der Waals surface area contributed by atoms with E-state index in [2.05, 4.69) is 28.3 Å². The Morgan fingerprint density at radius 3 is 2.75 bits per heavy atom. The van der Waals surface area contributed by atoms with Crippen molar-refractivity contribution in [2.24, 2.45) is 0 Å². The van der Waals surface area contributed by atoms with E-state index in [-0.39, 0.29) is 24.8 Å². The van der Waals surface area contributed by atoms with Crippen molar-refractivity contribution in [1.82, 2.24) is 20.0 Å². The third-order valence-electron chi connectivity index (χ3n) is 3.34. The summed E-state index contributed by atoms with van der Waals surface area (Å²) in [5.74, 6) is 0. The van der Waals surface area contributed by atoms with Gasteiger partial charge in [0.1, 0.15) is 0 Å². The molecule has 0 amide bonds. The molecule has 1 aliphatic rings. The number of halogens is 2. The molecule has 0 aromatic carbocycles. The van der Waals surface area contributed by atoms with Gasteiger partial charge in [-0.3, -0.25) is 9.58 Å². The Bertz CT molecular complexity index is 343. The van der Waals surface area contributed by atoms with Crippen LogP contribution in [0.4, 0.5) is 0 Å². The summed E-state index contributed by atoms with van der Waals surface area (Å²) in [6, 6.07) is 2.08. The molecule has 1 aromatic heterocycles. The summed E-state index contributed by atoms with van der Waals surface area (Å²) in [4.78, 5) is 2.47. The number of nitrogens with one attached hydrogen (secondary N) is 1. The number of ether oxygens (including phenoxy) is 1. The summed E-state index contributed by atoms with van der Waals surface area (Å²) >= 11 is 0. The molecule has 2 rings (SSSR count). The van der Waals surface area contributed by atoms with Gasteiger partial charge in [0.25, 0.3) is 0 Å². The van der Waals surface area contributed by atoms with Crippen LogP contribution in [0.3, 0.4) is 0 Å². The largest absolute Gasteiger partial charge is 0.379 e. The van der Waals surface area contributed by atoms with E-state index in [0.717, 1.165) is 45.9 Å². The van der Waals surface area contributed by atoms with Crippen LogP contribution >= 0.6 is 24.8 Å². The van der Waals surface area contributed by atoms with Crippen LogP contribution in [0.25, 0.3) is 0 Å². The maximum Gasteiger partial charge on any atom is 0.0594 e. The fourth-order valence-electron chi connectivity index (χ4n) is 2.26. The zero-order chi connectivity index (χ0) is 12.6. The van der Waals surface area contributed by atoms with Crippen LogP contribution in [0.2, 0.25) is 0 Å². The SMILES string of the molecule is CCn1nccc1CNCCCN1CCOCC1.Cl.Cl. The minimum Gasteiger partial charge on any atom is -0.379 e. The molecule has 5 nitrogen and oxygen atoms in total. The number of nitrogens with zero attached hydrogens (tertiary/aromatic N) is 3. The van der Waals surface area contributed by atoms with E-state index in [1.165, 1.54) is 18.7 Å². The first kappa shape index (κ1) is 19.7. The molecule has 0 spiro atoms. The molecule has 1 saturated heterocycles. The maximum atomic E-state index is 5.33. The van der Waals surface area contributed by atoms with E-state index in [4.69, 9.17) is 4.74 Å². The minimum atomic E-state index is 0. The standard InChI is InChI=1S/C13H24N4O.2ClH/c1-2-17-13(4-6-15-17)12-14-5-3-7-16-8-10-18-11-9-16;;/h4,6,14H,2-3,5,7-12H2,1H3;2*1H. The van der Waals surface area contributed by atoms with Crippen LogP contribution in [-0.4, -0.2) is 54.1 Å². The van der Waals surface area contributed by atoms with Crippen LogP contribution in [0.15, 0.2) is 12.3 Å². The summed E-state index contributed by atoms with van der Waals surface area (Å²) in [6.45, 7) is 10.2. The molecular formula is C13H26Cl2N4O. The van der Waals surface area contributed by atoms with Crippen molar-refractivity contribution in [1.29, 1.82) is 0 Å². The highest BCUT2D eigenvalue weighted by atomic mass is 35.5. The van der Waals surface area contributed by atoms with Crippen molar-refractivity contribution in [3.05, 3.63) is 18.0 Å². The molecule has 0 saturated carbocycles. The third kappa shape index (κ3) is 6.41. The normalized spacial score (nSPS) is 15.4. The second-order valence-electron chi connectivity index (χ2n) is 4.62. The lowest BCUT2D eigenvalue weighted by molar-refractivity contribution is 0.0374. The quantitative estimate of drug-likeness (QED) is 0.773. The van der Waals surface area contributed by atoms with Crippen LogP contribution in [0, 0.1) is 0 Å². The van der Waals surface area contributed by atoms with Crippen LogP contribution in [0.5, 0.6) is 0 Å². The average molecular weight is 325 g/mol. The van der Waals surface area contributed by atoms with Gasteiger partial charge in [-0.1, -0.05) is 0 Å². The lowest BCUT2D eigenvalue weighted by atomic mass is 10.3. The number of hydrogen-bond acceptors (Lipinski definition) is 4. The first-order chi connectivity index (χ1) is 8.90. The molecule has 7 heteroatoms. The predicted octanol–water partition coefficient (Wildman–Crippen LogP) is 1.56. The molecule has 20 heavy (non-hydrogen) atoms. The molecule has 1 fully saturated rings. The van der Waals surface area contributed by atoms with Crippen LogP contribution in [-0.2, 0) is 17.8 Å². The molecule has 0 bridgehead atoms. The van der Waals surface area contributed by atoms with E-state index in [0.29, 0.717) is 0 Å². The first-order valence-corrected chi connectivity index (χ1v) is 6.91. The van der Waals surface area contributed by atoms with Crippen molar-refractivity contribution in [2.75, 3.05) is 39.4 Å². The number of aryl methyl sites for hydroxylation is 1. The maximum absolute atomic E-state index is 5.33. The molecule has 1 aromatic rings. The van der Waals surface area contributed by atoms with Crippen molar-refractivity contribution in [2.45, 2.75) is 26.4 Å². The zero-order valence-electron chi connectivity index (χ0n) is 12.1. The van der Waals surface area contributed by atoms with Gasteiger partial charge in [0.15, 0.2) is 0 Å². The summed E-state index contributed by atoms with van der Waals surface area (Å²) in [6.07, 6.45) is 3.06. The average Bonchev–Trinajstić information content (AvgIpc) is 2.87. The highest BCUT2D eigenvalue weighted by Gasteiger charge is 2.08. The lowest BCUT2D eigenvalue weighted by Crippen LogP contribution is -2.37. The number of rotatable bonds is 7. The second-order valence-corrected chi connectivity index (χ2v) is 4.62. The fraction of sp³-hybridized carbons (Fsp3) is 0.769. The van der Waals surface area contributed by atoms with E-state index in [1.54, 1.807) is 0 Å². The Morgan fingerprint density at radius 1 is 1.30 bits per heavy atom. The van der Waals surface area contributed by atoms with Gasteiger partial charge in [0, 0.05) is 32.4 Å². The molecule has 0 atom stereocenters. The number of hydrogen-bond donors (Lipinski definition) is 1. The number of aromatic nitrogens is 2. The molecule has 0 radical (unpaired) electrons. The smallest absolute Gasteiger partial charge is 0.0594 e. The van der Waals surface area contributed by atoms with Gasteiger partial charge in [0.05, 0.1) is 18.9 Å². The third-order valence-corrected chi connectivity index (χ3v) is 3.34. The molecule has 2 heterocycles. The zero-order valence-corrected chi connectivity index (χ0v) is 13.7. The molecule has 1 N–H and O–H groups in total. The Hall–Kier alpha value is -0.330. The van der Waals surface area contributed by atoms with E-state index in [9.17, 15) is 0 Å². The number of morpholine rings is 1. The van der Waals surface area contributed by atoms with E-state index >= 15 is 0 Å². The molecule has 1 aliphatic heterocycles. The van der Waals surface area contributed by atoms with Gasteiger partial charge in [-0.15, -0.1) is 24.8 Å². The monoisotopic (exact) mass is 324 g/mol. The Kier molecular flexibility index (Phi) is 11.2. The van der Waals surface area contributed by atoms with Crippen molar-refractivity contribution in [3.63, 3.8) is 0 Å². The summed E-state index contributed by atoms with van der Waals surface area (Å²) < 4.78 is 7.37. The van der Waals surface area contributed by atoms with Gasteiger partial charge in [0.2, 0.25) is 0 Å². The van der Waals surface area contributed by atoms with Gasteiger partial charge >= 0.3 is 0 Å². The van der Waals surface area contributed by atoms with Crippen molar-refractivity contribution >= 4 is 24.8 Å². The van der Waals surface area contributed by atoms with Crippen molar-refractivity contribution in [3.8, 4) is 0 Å². The summed E-state index contributed by atoms with van der Waals surface area (Å²) in [5, 5.41) is 7.74. The van der Waals surface area contributed by atoms with E-state index < -0.39 is 0 Å².